The van der Waals surface area contributed by atoms with Crippen molar-refractivity contribution < 1.29 is 9.90 Å². The maximum atomic E-state index is 12.1. The van der Waals surface area contributed by atoms with Gasteiger partial charge in [0.2, 0.25) is 5.91 Å². The molecular weight excluding hydrogens is 238 g/mol. The van der Waals surface area contributed by atoms with E-state index < -0.39 is 6.10 Å². The first kappa shape index (κ1) is 14.1. The number of hydrogen-bond acceptors (Lipinski definition) is 2. The van der Waals surface area contributed by atoms with Gasteiger partial charge in [0.15, 0.2) is 0 Å². The van der Waals surface area contributed by atoms with Crippen LogP contribution in [0.1, 0.15) is 57.3 Å². The van der Waals surface area contributed by atoms with E-state index in [2.05, 4.69) is 13.8 Å². The first-order valence-corrected chi connectivity index (χ1v) is 7.09. The number of aliphatic hydroxyl groups excluding tert-OH is 1. The summed E-state index contributed by atoms with van der Waals surface area (Å²) < 4.78 is 0. The zero-order valence-electron chi connectivity index (χ0n) is 12.2. The monoisotopic (exact) mass is 261 g/mol. The molecule has 1 aliphatic heterocycles. The van der Waals surface area contributed by atoms with Crippen LogP contribution in [0.4, 0.5) is 5.69 Å². The van der Waals surface area contributed by atoms with Gasteiger partial charge in [-0.2, -0.15) is 0 Å². The molecule has 0 saturated carbocycles. The molecule has 0 aliphatic carbocycles. The van der Waals surface area contributed by atoms with E-state index in [0.29, 0.717) is 12.5 Å². The normalized spacial score (nSPS) is 20.0. The van der Waals surface area contributed by atoms with Crippen molar-refractivity contribution in [3.05, 3.63) is 29.3 Å². The highest BCUT2D eigenvalue weighted by molar-refractivity contribution is 6.04. The Labute approximate surface area is 115 Å². The number of hydrogen-bond donors (Lipinski definition) is 1. The van der Waals surface area contributed by atoms with Crippen molar-refractivity contribution in [2.24, 2.45) is 5.92 Å². The van der Waals surface area contributed by atoms with E-state index in [1.807, 2.05) is 36.9 Å². The molecule has 0 bridgehead atoms. The summed E-state index contributed by atoms with van der Waals surface area (Å²) in [5.41, 5.74) is 2.97. The van der Waals surface area contributed by atoms with Crippen LogP contribution in [0.15, 0.2) is 18.2 Å². The largest absolute Gasteiger partial charge is 0.388 e. The van der Waals surface area contributed by atoms with E-state index in [1.165, 1.54) is 0 Å². The summed E-state index contributed by atoms with van der Waals surface area (Å²) in [5.74, 6) is 0.517. The average molecular weight is 261 g/mol. The van der Waals surface area contributed by atoms with Crippen molar-refractivity contribution >= 4 is 11.6 Å². The second-order valence-corrected chi connectivity index (χ2v) is 5.77. The maximum Gasteiger partial charge on any atom is 0.234 e. The van der Waals surface area contributed by atoms with Crippen LogP contribution in [0.5, 0.6) is 0 Å². The molecule has 1 aliphatic rings. The van der Waals surface area contributed by atoms with Crippen molar-refractivity contribution in [3.63, 3.8) is 0 Å². The number of carbonyl (C=O) groups excluding carboxylic acids is 1. The predicted octanol–water partition coefficient (Wildman–Crippen LogP) is 3.24. The number of amides is 1. The van der Waals surface area contributed by atoms with Crippen LogP contribution in [0.2, 0.25) is 0 Å². The van der Waals surface area contributed by atoms with Gasteiger partial charge in [-0.05, 0) is 43.4 Å². The highest BCUT2D eigenvalue weighted by atomic mass is 16.3. The van der Waals surface area contributed by atoms with Gasteiger partial charge in [0.25, 0.3) is 0 Å². The maximum absolute atomic E-state index is 12.1. The molecule has 0 aromatic heterocycles. The molecule has 2 unspecified atom stereocenters. The molecule has 1 N–H and O–H groups in total. The Morgan fingerprint density at radius 1 is 1.37 bits per heavy atom. The second kappa shape index (κ2) is 5.33. The SMILES string of the molecule is CCN1C(=O)C(C)c2cc(C(O)CC(C)C)ccc21. The van der Waals surface area contributed by atoms with Gasteiger partial charge in [0.05, 0.1) is 12.0 Å². The molecule has 0 fully saturated rings. The molecule has 2 atom stereocenters. The van der Waals surface area contributed by atoms with Gasteiger partial charge < -0.3 is 10.0 Å². The molecule has 0 saturated heterocycles. The van der Waals surface area contributed by atoms with Crippen LogP contribution in [0, 0.1) is 5.92 Å². The van der Waals surface area contributed by atoms with Crippen LogP contribution in [0.25, 0.3) is 0 Å². The molecular formula is C16H23NO2. The van der Waals surface area contributed by atoms with Gasteiger partial charge in [-0.15, -0.1) is 0 Å². The number of aliphatic hydroxyl groups is 1. The van der Waals surface area contributed by atoms with Crippen molar-refractivity contribution in [1.82, 2.24) is 0 Å². The third-order valence-corrected chi connectivity index (χ3v) is 3.84. The molecule has 1 aromatic carbocycles. The molecule has 1 aromatic rings. The number of fused-ring (bicyclic) bond motifs is 1. The minimum atomic E-state index is -0.441. The number of carbonyl (C=O) groups is 1. The Bertz CT molecular complexity index is 482. The van der Waals surface area contributed by atoms with Crippen LogP contribution in [0.3, 0.4) is 0 Å². The lowest BCUT2D eigenvalue weighted by atomic mass is 9.95. The first-order valence-electron chi connectivity index (χ1n) is 7.09. The fraction of sp³-hybridized carbons (Fsp3) is 0.562. The standard InChI is InChI=1S/C16H23NO2/c1-5-17-14-7-6-12(15(18)8-10(2)3)9-13(14)11(4)16(17)19/h6-7,9-11,15,18H,5,8H2,1-4H3. The van der Waals surface area contributed by atoms with Gasteiger partial charge in [-0.3, -0.25) is 4.79 Å². The lowest BCUT2D eigenvalue weighted by Crippen LogP contribution is -2.27. The fourth-order valence-electron chi connectivity index (χ4n) is 2.77. The fourth-order valence-corrected chi connectivity index (χ4v) is 2.77. The second-order valence-electron chi connectivity index (χ2n) is 5.77. The van der Waals surface area contributed by atoms with Crippen molar-refractivity contribution in [3.8, 4) is 0 Å². The van der Waals surface area contributed by atoms with Gasteiger partial charge in [-0.25, -0.2) is 0 Å². The summed E-state index contributed by atoms with van der Waals surface area (Å²) in [6.45, 7) is 8.82. The van der Waals surface area contributed by atoms with E-state index in [9.17, 15) is 9.90 Å². The van der Waals surface area contributed by atoms with Crippen LogP contribution < -0.4 is 4.90 Å². The van der Waals surface area contributed by atoms with Gasteiger partial charge >= 0.3 is 0 Å². The minimum absolute atomic E-state index is 0.0962. The zero-order valence-corrected chi connectivity index (χ0v) is 12.2. The molecule has 1 amide bonds. The number of nitrogens with zero attached hydrogens (tertiary/aromatic N) is 1. The molecule has 3 heteroatoms. The number of rotatable bonds is 4. The van der Waals surface area contributed by atoms with Gasteiger partial charge in [0.1, 0.15) is 0 Å². The molecule has 0 spiro atoms. The van der Waals surface area contributed by atoms with Crippen LogP contribution >= 0.6 is 0 Å². The highest BCUT2D eigenvalue weighted by Crippen LogP contribution is 2.38. The Balaban J connectivity index is 2.33. The zero-order chi connectivity index (χ0) is 14.2. The Kier molecular flexibility index (Phi) is 3.95. The summed E-state index contributed by atoms with van der Waals surface area (Å²) in [7, 11) is 0. The van der Waals surface area contributed by atoms with Crippen LogP contribution in [-0.4, -0.2) is 17.6 Å². The quantitative estimate of drug-likeness (QED) is 0.904. The van der Waals surface area contributed by atoms with E-state index in [-0.39, 0.29) is 11.8 Å². The molecule has 3 nitrogen and oxygen atoms in total. The molecule has 0 radical (unpaired) electrons. The predicted molar refractivity (Wildman–Crippen MR) is 77.3 cm³/mol. The Morgan fingerprint density at radius 3 is 2.63 bits per heavy atom. The average Bonchev–Trinajstić information content (AvgIpc) is 2.60. The van der Waals surface area contributed by atoms with Crippen molar-refractivity contribution in [2.75, 3.05) is 11.4 Å². The summed E-state index contributed by atoms with van der Waals surface area (Å²) in [5, 5.41) is 10.2. The van der Waals surface area contributed by atoms with Gasteiger partial charge in [-0.1, -0.05) is 26.0 Å². The third kappa shape index (κ3) is 2.52. The molecule has 104 valence electrons. The van der Waals surface area contributed by atoms with E-state index in [0.717, 1.165) is 23.2 Å². The minimum Gasteiger partial charge on any atom is -0.388 e. The summed E-state index contributed by atoms with van der Waals surface area (Å²) >= 11 is 0. The smallest absolute Gasteiger partial charge is 0.234 e. The molecule has 1 heterocycles. The lowest BCUT2D eigenvalue weighted by Gasteiger charge is -2.17. The third-order valence-electron chi connectivity index (χ3n) is 3.84. The summed E-state index contributed by atoms with van der Waals surface area (Å²) in [4.78, 5) is 13.9. The van der Waals surface area contributed by atoms with Crippen LogP contribution in [-0.2, 0) is 4.79 Å². The van der Waals surface area contributed by atoms with Crippen molar-refractivity contribution in [2.45, 2.75) is 46.1 Å². The van der Waals surface area contributed by atoms with Crippen molar-refractivity contribution in [1.29, 1.82) is 0 Å². The van der Waals surface area contributed by atoms with E-state index >= 15 is 0 Å². The highest BCUT2D eigenvalue weighted by Gasteiger charge is 2.33. The lowest BCUT2D eigenvalue weighted by molar-refractivity contribution is -0.118. The number of likely N-dealkylation sites (N-methyl/N-ethyl adjacent to an activating group) is 1. The molecule has 2 rings (SSSR count). The first-order chi connectivity index (χ1) is 8.95. The Morgan fingerprint density at radius 2 is 2.05 bits per heavy atom. The summed E-state index contributed by atoms with van der Waals surface area (Å²) in [6.07, 6.45) is 0.307. The number of anilines is 1. The van der Waals surface area contributed by atoms with Gasteiger partial charge in [0, 0.05) is 12.2 Å². The van der Waals surface area contributed by atoms with E-state index in [1.54, 1.807) is 0 Å². The topological polar surface area (TPSA) is 40.5 Å². The summed E-state index contributed by atoms with van der Waals surface area (Å²) in [6, 6.07) is 5.92. The molecule has 19 heavy (non-hydrogen) atoms. The number of benzene rings is 1. The Hall–Kier alpha value is -1.35. The van der Waals surface area contributed by atoms with E-state index in [4.69, 9.17) is 0 Å².